The Labute approximate surface area is 98.9 Å². The van der Waals surface area contributed by atoms with Gasteiger partial charge in [-0.3, -0.25) is 14.5 Å². The van der Waals surface area contributed by atoms with E-state index in [1.165, 1.54) is 4.90 Å². The molecule has 0 bridgehead atoms. The molecule has 0 saturated carbocycles. The summed E-state index contributed by atoms with van der Waals surface area (Å²) in [6, 6.07) is 6.80. The number of rotatable bonds is 1. The molecule has 4 nitrogen and oxygen atoms in total. The molecule has 0 atom stereocenters. The Bertz CT molecular complexity index is 492. The van der Waals surface area contributed by atoms with E-state index in [1.807, 2.05) is 0 Å². The average molecular weight is 229 g/mol. The molecule has 0 aromatic heterocycles. The quantitative estimate of drug-likeness (QED) is 0.569. The number of amides is 2. The van der Waals surface area contributed by atoms with Crippen molar-refractivity contribution in [2.24, 2.45) is 0 Å². The summed E-state index contributed by atoms with van der Waals surface area (Å²) in [6.45, 7) is -0.190. The minimum absolute atomic E-state index is 0.163. The predicted octanol–water partition coefficient (Wildman–Crippen LogP) is 0.684. The van der Waals surface area contributed by atoms with Gasteiger partial charge in [-0.15, -0.1) is 0 Å². The number of imide groups is 1. The van der Waals surface area contributed by atoms with Gasteiger partial charge >= 0.3 is 0 Å². The van der Waals surface area contributed by atoms with Gasteiger partial charge < -0.3 is 5.11 Å². The van der Waals surface area contributed by atoms with Crippen LogP contribution >= 0.6 is 0 Å². The van der Waals surface area contributed by atoms with E-state index in [-0.39, 0.29) is 31.3 Å². The first-order chi connectivity index (χ1) is 8.22. The summed E-state index contributed by atoms with van der Waals surface area (Å²) in [6.07, 6.45) is 0.565. The average Bonchev–Trinajstić information content (AvgIpc) is 2.67. The van der Waals surface area contributed by atoms with Gasteiger partial charge in [0, 0.05) is 18.4 Å². The molecule has 1 aliphatic rings. The number of hydrogen-bond donors (Lipinski definition) is 1. The fourth-order valence-corrected chi connectivity index (χ4v) is 1.70. The summed E-state index contributed by atoms with van der Waals surface area (Å²) in [5.74, 6) is 4.95. The predicted molar refractivity (Wildman–Crippen MR) is 62.1 cm³/mol. The SMILES string of the molecule is O=C1CCC(=O)N1c1ccc(C#CCO)cc1. The maximum Gasteiger partial charge on any atom is 0.234 e. The van der Waals surface area contributed by atoms with Crippen molar-refractivity contribution in [3.8, 4) is 11.8 Å². The van der Waals surface area contributed by atoms with E-state index in [1.54, 1.807) is 24.3 Å². The molecule has 1 N–H and O–H groups in total. The Morgan fingerprint density at radius 2 is 1.71 bits per heavy atom. The first-order valence-corrected chi connectivity index (χ1v) is 5.28. The monoisotopic (exact) mass is 229 g/mol. The third-order valence-electron chi connectivity index (χ3n) is 2.49. The molecule has 1 saturated heterocycles. The van der Waals surface area contributed by atoms with E-state index in [0.29, 0.717) is 5.69 Å². The highest BCUT2D eigenvalue weighted by atomic mass is 16.2. The zero-order valence-electron chi connectivity index (χ0n) is 9.14. The smallest absolute Gasteiger partial charge is 0.234 e. The molecular weight excluding hydrogens is 218 g/mol. The topological polar surface area (TPSA) is 57.6 Å². The van der Waals surface area contributed by atoms with Gasteiger partial charge in [0.2, 0.25) is 11.8 Å². The second-order valence-corrected chi connectivity index (χ2v) is 3.63. The fraction of sp³-hybridized carbons (Fsp3) is 0.231. The fourth-order valence-electron chi connectivity index (χ4n) is 1.70. The van der Waals surface area contributed by atoms with Gasteiger partial charge in [-0.2, -0.15) is 0 Å². The molecule has 1 aromatic rings. The largest absolute Gasteiger partial charge is 0.384 e. The molecule has 2 rings (SSSR count). The highest BCUT2D eigenvalue weighted by Crippen LogP contribution is 2.22. The summed E-state index contributed by atoms with van der Waals surface area (Å²) in [7, 11) is 0. The van der Waals surface area contributed by atoms with Crippen LogP contribution in [0.3, 0.4) is 0 Å². The van der Waals surface area contributed by atoms with E-state index < -0.39 is 0 Å². The van der Waals surface area contributed by atoms with Crippen molar-refractivity contribution in [1.82, 2.24) is 0 Å². The standard InChI is InChI=1S/C13H11NO3/c15-9-1-2-10-3-5-11(6-4-10)14-12(16)7-8-13(14)17/h3-6,15H,7-9H2. The molecule has 0 unspecified atom stereocenters. The van der Waals surface area contributed by atoms with Crippen LogP contribution in [0.15, 0.2) is 24.3 Å². The van der Waals surface area contributed by atoms with Gasteiger partial charge in [-0.1, -0.05) is 11.8 Å². The molecule has 1 heterocycles. The third-order valence-corrected chi connectivity index (χ3v) is 2.49. The van der Waals surface area contributed by atoms with Crippen LogP contribution in [-0.4, -0.2) is 23.5 Å². The number of carbonyl (C=O) groups is 2. The maximum absolute atomic E-state index is 11.5. The maximum atomic E-state index is 11.5. The molecular formula is C13H11NO3. The number of anilines is 1. The van der Waals surface area contributed by atoms with Crippen LogP contribution in [-0.2, 0) is 9.59 Å². The molecule has 4 heteroatoms. The van der Waals surface area contributed by atoms with Crippen LogP contribution in [0.25, 0.3) is 0 Å². The Kier molecular flexibility index (Phi) is 3.22. The first-order valence-electron chi connectivity index (χ1n) is 5.28. The van der Waals surface area contributed by atoms with Gasteiger partial charge in [-0.05, 0) is 24.3 Å². The zero-order chi connectivity index (χ0) is 12.3. The number of hydrogen-bond acceptors (Lipinski definition) is 3. The first kappa shape index (κ1) is 11.4. The lowest BCUT2D eigenvalue weighted by Crippen LogP contribution is -2.28. The Morgan fingerprint density at radius 3 is 2.24 bits per heavy atom. The van der Waals surface area contributed by atoms with Gasteiger partial charge in [0.1, 0.15) is 6.61 Å². The van der Waals surface area contributed by atoms with E-state index in [0.717, 1.165) is 5.56 Å². The normalized spacial score (nSPS) is 14.8. The van der Waals surface area contributed by atoms with Crippen LogP contribution in [0.4, 0.5) is 5.69 Å². The van der Waals surface area contributed by atoms with Crippen molar-refractivity contribution in [3.63, 3.8) is 0 Å². The molecule has 2 amide bonds. The molecule has 0 spiro atoms. The second kappa shape index (κ2) is 4.81. The van der Waals surface area contributed by atoms with Crippen LogP contribution in [0.5, 0.6) is 0 Å². The number of benzene rings is 1. The lowest BCUT2D eigenvalue weighted by molar-refractivity contribution is -0.121. The summed E-state index contributed by atoms with van der Waals surface area (Å²) in [5, 5.41) is 8.55. The number of nitrogens with zero attached hydrogens (tertiary/aromatic N) is 1. The van der Waals surface area contributed by atoms with Crippen LogP contribution < -0.4 is 4.90 Å². The Balaban J connectivity index is 2.23. The van der Waals surface area contributed by atoms with Crippen LogP contribution in [0.1, 0.15) is 18.4 Å². The van der Waals surface area contributed by atoms with Gasteiger partial charge in [0.25, 0.3) is 0 Å². The van der Waals surface area contributed by atoms with Crippen molar-refractivity contribution in [2.75, 3.05) is 11.5 Å². The van der Waals surface area contributed by atoms with Crippen molar-refractivity contribution in [1.29, 1.82) is 0 Å². The highest BCUT2D eigenvalue weighted by molar-refractivity contribution is 6.19. The number of aliphatic hydroxyl groups is 1. The Hall–Kier alpha value is -2.12. The van der Waals surface area contributed by atoms with E-state index >= 15 is 0 Å². The highest BCUT2D eigenvalue weighted by Gasteiger charge is 2.29. The van der Waals surface area contributed by atoms with Gasteiger partial charge in [0.05, 0.1) is 5.69 Å². The lowest BCUT2D eigenvalue weighted by Gasteiger charge is -2.13. The third kappa shape index (κ3) is 2.35. The molecule has 1 fully saturated rings. The molecule has 0 aliphatic carbocycles. The molecule has 1 aromatic carbocycles. The summed E-state index contributed by atoms with van der Waals surface area (Å²) in [4.78, 5) is 24.2. The minimum Gasteiger partial charge on any atom is -0.384 e. The van der Waals surface area contributed by atoms with Gasteiger partial charge in [-0.25, -0.2) is 0 Å². The zero-order valence-corrected chi connectivity index (χ0v) is 9.14. The van der Waals surface area contributed by atoms with E-state index in [9.17, 15) is 9.59 Å². The van der Waals surface area contributed by atoms with Crippen molar-refractivity contribution >= 4 is 17.5 Å². The van der Waals surface area contributed by atoms with Gasteiger partial charge in [0.15, 0.2) is 0 Å². The van der Waals surface area contributed by atoms with E-state index in [4.69, 9.17) is 5.11 Å². The minimum atomic E-state index is -0.190. The second-order valence-electron chi connectivity index (χ2n) is 3.63. The summed E-state index contributed by atoms with van der Waals surface area (Å²) < 4.78 is 0. The molecule has 0 radical (unpaired) electrons. The molecule has 17 heavy (non-hydrogen) atoms. The molecule has 86 valence electrons. The lowest BCUT2D eigenvalue weighted by atomic mass is 10.2. The van der Waals surface area contributed by atoms with Crippen LogP contribution in [0.2, 0.25) is 0 Å². The summed E-state index contributed by atoms with van der Waals surface area (Å²) in [5.41, 5.74) is 1.31. The van der Waals surface area contributed by atoms with E-state index in [2.05, 4.69) is 11.8 Å². The molecule has 1 aliphatic heterocycles. The summed E-state index contributed by atoms with van der Waals surface area (Å²) >= 11 is 0. The van der Waals surface area contributed by atoms with Crippen LogP contribution in [0, 0.1) is 11.8 Å². The number of carbonyl (C=O) groups excluding carboxylic acids is 2. The number of aliphatic hydroxyl groups excluding tert-OH is 1. The van der Waals surface area contributed by atoms with Crippen molar-refractivity contribution in [3.05, 3.63) is 29.8 Å². The Morgan fingerprint density at radius 1 is 1.12 bits per heavy atom. The van der Waals surface area contributed by atoms with Crippen molar-refractivity contribution < 1.29 is 14.7 Å². The van der Waals surface area contributed by atoms with Crippen molar-refractivity contribution in [2.45, 2.75) is 12.8 Å².